The van der Waals surface area contributed by atoms with Crippen molar-refractivity contribution in [3.63, 3.8) is 0 Å². The third-order valence-corrected chi connectivity index (χ3v) is 11.2. The molecule has 0 radical (unpaired) electrons. The molecule has 3 aliphatic heterocycles. The van der Waals surface area contributed by atoms with E-state index in [-0.39, 0.29) is 41.8 Å². The number of hydrogen-bond donors (Lipinski definition) is 3. The van der Waals surface area contributed by atoms with Gasteiger partial charge in [-0.3, -0.25) is 14.4 Å². The van der Waals surface area contributed by atoms with E-state index in [2.05, 4.69) is 28.9 Å². The van der Waals surface area contributed by atoms with Gasteiger partial charge < -0.3 is 25.6 Å². The van der Waals surface area contributed by atoms with Crippen molar-refractivity contribution >= 4 is 40.8 Å². The Labute approximate surface area is 247 Å². The number of piperidine rings is 1. The average molecular weight is 589 g/mol. The molecule has 4 heterocycles. The lowest BCUT2D eigenvalue weighted by Gasteiger charge is -2.28. The van der Waals surface area contributed by atoms with Crippen LogP contribution < -0.4 is 20.7 Å². The molecular formula is C31H32N4O4S2. The van der Waals surface area contributed by atoms with Crippen LogP contribution in [0.5, 0.6) is 11.5 Å². The molecule has 0 unspecified atom stereocenters. The second-order valence-corrected chi connectivity index (χ2v) is 13.9. The molecule has 10 heteroatoms. The molecule has 1 saturated heterocycles. The summed E-state index contributed by atoms with van der Waals surface area (Å²) in [6.45, 7) is 5.84. The van der Waals surface area contributed by atoms with Crippen LogP contribution in [0.25, 0.3) is 0 Å². The molecule has 1 aromatic heterocycles. The van der Waals surface area contributed by atoms with Crippen molar-refractivity contribution in [2.75, 3.05) is 13.1 Å². The molecule has 212 valence electrons. The lowest BCUT2D eigenvalue weighted by Crippen LogP contribution is -2.51. The summed E-state index contributed by atoms with van der Waals surface area (Å²) in [7, 11) is 0. The van der Waals surface area contributed by atoms with Crippen molar-refractivity contribution in [1.29, 1.82) is 0 Å². The molecule has 0 bridgehead atoms. The van der Waals surface area contributed by atoms with Gasteiger partial charge in [-0.25, -0.2) is 0 Å². The number of benzene rings is 2. The van der Waals surface area contributed by atoms with Crippen LogP contribution in [0.15, 0.2) is 58.3 Å². The molecule has 4 aliphatic rings. The topological polar surface area (TPSA) is 99.8 Å². The third kappa shape index (κ3) is 4.91. The summed E-state index contributed by atoms with van der Waals surface area (Å²) in [5.74, 6) is 0.675. The maximum absolute atomic E-state index is 13.5. The minimum atomic E-state index is -0.531. The highest BCUT2D eigenvalue weighted by molar-refractivity contribution is 7.99. The number of hydrogen-bond acceptors (Lipinski definition) is 7. The molecule has 3 N–H and O–H groups in total. The van der Waals surface area contributed by atoms with E-state index in [1.807, 2.05) is 37.3 Å². The Bertz CT molecular complexity index is 1550. The summed E-state index contributed by atoms with van der Waals surface area (Å²) in [5.41, 5.74) is 1.75. The SMILES string of the molecule is C[C@@H](NC(=O)[C@@H]1C[C@]2(C)C[C@@H]2N1C(=O)CNC(=O)c1ccc2c(c1)Oc1ccccc1S2)c1cc2c(s1)CNCC2. The van der Waals surface area contributed by atoms with Crippen LogP contribution in [0, 0.1) is 5.41 Å². The van der Waals surface area contributed by atoms with Crippen LogP contribution in [0.2, 0.25) is 0 Å². The van der Waals surface area contributed by atoms with Crippen LogP contribution in [0.4, 0.5) is 0 Å². The fourth-order valence-electron chi connectivity index (χ4n) is 6.25. The monoisotopic (exact) mass is 588 g/mol. The number of likely N-dealkylation sites (tertiary alicyclic amines) is 1. The molecule has 41 heavy (non-hydrogen) atoms. The predicted octanol–water partition coefficient (Wildman–Crippen LogP) is 4.64. The number of amides is 3. The van der Waals surface area contributed by atoms with Crippen LogP contribution >= 0.6 is 23.1 Å². The van der Waals surface area contributed by atoms with Crippen molar-refractivity contribution in [3.05, 3.63) is 69.4 Å². The number of carbonyl (C=O) groups excluding carboxylic acids is 3. The summed E-state index contributed by atoms with van der Waals surface area (Å²) in [6.07, 6.45) is 2.54. The molecule has 1 saturated carbocycles. The van der Waals surface area contributed by atoms with Gasteiger partial charge in [-0.05, 0) is 80.1 Å². The number of fused-ring (bicyclic) bond motifs is 4. The van der Waals surface area contributed by atoms with Gasteiger partial charge in [0.25, 0.3) is 5.91 Å². The standard InChI is InChI=1S/C31H32N4O4S2/c1-17(25-12-18-9-10-32-15-26(18)41-25)34-30(38)20-13-31(2)14-27(31)35(20)28(36)16-33-29(37)19-7-8-24-22(11-19)39-21-5-3-4-6-23(21)40-24/h3-8,11-12,17,20,27,32H,9-10,13-16H2,1-2H3,(H,33,37)(H,34,38)/t17-,20+,27+,31-/m1/s1. The highest BCUT2D eigenvalue weighted by atomic mass is 32.2. The van der Waals surface area contributed by atoms with Gasteiger partial charge in [0.05, 0.1) is 22.4 Å². The fraction of sp³-hybridized carbons (Fsp3) is 0.387. The maximum Gasteiger partial charge on any atom is 0.251 e. The van der Waals surface area contributed by atoms with E-state index in [1.54, 1.807) is 40.1 Å². The van der Waals surface area contributed by atoms with Gasteiger partial charge in [-0.2, -0.15) is 0 Å². The van der Waals surface area contributed by atoms with Crippen LogP contribution in [0.3, 0.4) is 0 Å². The second kappa shape index (κ2) is 10.2. The first-order valence-electron chi connectivity index (χ1n) is 14.1. The quantitative estimate of drug-likeness (QED) is 0.304. The predicted molar refractivity (Wildman–Crippen MR) is 157 cm³/mol. The summed E-state index contributed by atoms with van der Waals surface area (Å²) < 4.78 is 6.01. The van der Waals surface area contributed by atoms with Crippen molar-refractivity contribution in [1.82, 2.24) is 20.9 Å². The number of rotatable bonds is 6. The van der Waals surface area contributed by atoms with Crippen LogP contribution in [0.1, 0.15) is 58.4 Å². The summed E-state index contributed by atoms with van der Waals surface area (Å²) in [5, 5.41) is 9.35. The van der Waals surface area contributed by atoms with Gasteiger partial charge in [0, 0.05) is 27.9 Å². The smallest absolute Gasteiger partial charge is 0.251 e. The van der Waals surface area contributed by atoms with Crippen molar-refractivity contribution in [3.8, 4) is 11.5 Å². The first kappa shape index (κ1) is 26.6. The molecule has 1 aliphatic carbocycles. The highest BCUT2D eigenvalue weighted by Crippen LogP contribution is 2.59. The van der Waals surface area contributed by atoms with Crippen molar-refractivity contribution in [2.24, 2.45) is 5.41 Å². The van der Waals surface area contributed by atoms with Gasteiger partial charge in [0.2, 0.25) is 11.8 Å². The number of carbonyl (C=O) groups is 3. The van der Waals surface area contributed by atoms with Crippen LogP contribution in [-0.2, 0) is 22.6 Å². The van der Waals surface area contributed by atoms with E-state index in [1.165, 1.54) is 10.4 Å². The molecule has 3 amide bonds. The van der Waals surface area contributed by atoms with E-state index in [0.29, 0.717) is 17.7 Å². The molecular weight excluding hydrogens is 556 g/mol. The highest BCUT2D eigenvalue weighted by Gasteiger charge is 2.64. The number of ether oxygens (including phenoxy) is 1. The van der Waals surface area contributed by atoms with Gasteiger partial charge in [-0.15, -0.1) is 11.3 Å². The number of nitrogens with zero attached hydrogens (tertiary/aromatic N) is 1. The van der Waals surface area contributed by atoms with E-state index < -0.39 is 6.04 Å². The minimum Gasteiger partial charge on any atom is -0.455 e. The van der Waals surface area contributed by atoms with Gasteiger partial charge in [0.1, 0.15) is 17.5 Å². The Hall–Kier alpha value is -3.34. The zero-order chi connectivity index (χ0) is 28.3. The number of nitrogens with one attached hydrogen (secondary N) is 3. The largest absolute Gasteiger partial charge is 0.455 e. The normalized spacial score (nSPS) is 24.2. The fourth-order valence-corrected chi connectivity index (χ4v) is 8.37. The van der Waals surface area contributed by atoms with Crippen LogP contribution in [-0.4, -0.2) is 47.8 Å². The van der Waals surface area contributed by atoms with Crippen molar-refractivity contribution in [2.45, 2.75) is 67.6 Å². The first-order chi connectivity index (χ1) is 19.8. The molecule has 8 nitrogen and oxygen atoms in total. The molecule has 2 fully saturated rings. The molecule has 4 atom stereocenters. The zero-order valence-corrected chi connectivity index (χ0v) is 24.6. The second-order valence-electron chi connectivity index (χ2n) is 11.6. The van der Waals surface area contributed by atoms with E-state index >= 15 is 0 Å². The Morgan fingerprint density at radius 3 is 2.80 bits per heavy atom. The third-order valence-electron chi connectivity index (χ3n) is 8.68. The van der Waals surface area contributed by atoms with Crippen molar-refractivity contribution < 1.29 is 19.1 Å². The Morgan fingerprint density at radius 2 is 1.95 bits per heavy atom. The summed E-state index contributed by atoms with van der Waals surface area (Å²) in [6, 6.07) is 14.7. The lowest BCUT2D eigenvalue weighted by molar-refractivity contribution is -0.139. The zero-order valence-electron chi connectivity index (χ0n) is 23.0. The van der Waals surface area contributed by atoms with Gasteiger partial charge in [-0.1, -0.05) is 30.8 Å². The number of thiophene rings is 1. The van der Waals surface area contributed by atoms with Gasteiger partial charge >= 0.3 is 0 Å². The number of para-hydroxylation sites is 1. The average Bonchev–Trinajstić information content (AvgIpc) is 3.30. The first-order valence-corrected chi connectivity index (χ1v) is 15.7. The lowest BCUT2D eigenvalue weighted by atomic mass is 10.0. The molecule has 2 aromatic carbocycles. The minimum absolute atomic E-state index is 0.0346. The maximum atomic E-state index is 13.5. The Morgan fingerprint density at radius 1 is 1.12 bits per heavy atom. The molecule has 0 spiro atoms. The molecule has 7 rings (SSSR count). The summed E-state index contributed by atoms with van der Waals surface area (Å²) >= 11 is 3.34. The molecule has 3 aromatic rings. The Balaban J connectivity index is 0.993. The van der Waals surface area contributed by atoms with E-state index in [9.17, 15) is 14.4 Å². The van der Waals surface area contributed by atoms with E-state index in [0.717, 1.165) is 46.3 Å². The van der Waals surface area contributed by atoms with Gasteiger partial charge in [0.15, 0.2) is 0 Å². The van der Waals surface area contributed by atoms with E-state index in [4.69, 9.17) is 4.74 Å². The Kier molecular flexibility index (Phi) is 6.59. The summed E-state index contributed by atoms with van der Waals surface area (Å²) in [4.78, 5) is 46.1.